The first-order valence-electron chi connectivity index (χ1n) is 14.1. The van der Waals surface area contributed by atoms with Crippen molar-refractivity contribution in [2.45, 2.75) is 162 Å². The number of hydrogen-bond donors (Lipinski definition) is 1. The van der Waals surface area contributed by atoms with E-state index >= 15 is 0 Å². The summed E-state index contributed by atoms with van der Waals surface area (Å²) in [6.45, 7) is 33.0. The third-order valence-electron chi connectivity index (χ3n) is 8.18. The molecule has 0 aliphatic heterocycles. The first-order valence-corrected chi connectivity index (χ1v) is 18.4. The minimum Gasteiger partial charge on any atom is -0.464 e. The first kappa shape index (κ1) is 34.8. The molecule has 0 saturated heterocycles. The molecule has 1 N–H and O–H groups in total. The molecule has 0 aromatic rings. The Kier molecular flexibility index (Phi) is 14.6. The van der Waals surface area contributed by atoms with Crippen LogP contribution in [0.2, 0.25) is 33.2 Å². The summed E-state index contributed by atoms with van der Waals surface area (Å²) in [4.78, 5) is 13.7. The van der Waals surface area contributed by atoms with Crippen molar-refractivity contribution < 1.29 is 23.5 Å². The summed E-state index contributed by atoms with van der Waals surface area (Å²) in [6.07, 6.45) is -1.21. The van der Waals surface area contributed by atoms with Crippen LogP contribution < -0.4 is 0 Å². The number of ether oxygens (including phenoxy) is 1. The van der Waals surface area contributed by atoms with Crippen LogP contribution in [0.5, 0.6) is 0 Å². The van der Waals surface area contributed by atoms with E-state index in [4.69, 9.17) is 13.6 Å². The molecular weight excluding hydrogens is 472 g/mol. The second-order valence-corrected chi connectivity index (χ2v) is 23.4. The molecule has 0 saturated carbocycles. The predicted octanol–water partition coefficient (Wildman–Crippen LogP) is 8.08. The average Bonchev–Trinajstić information content (AvgIpc) is 2.68. The van der Waals surface area contributed by atoms with Crippen LogP contribution >= 0.6 is 0 Å². The Morgan fingerprint density at radius 2 is 1.00 bits per heavy atom. The second-order valence-electron chi connectivity index (χ2n) is 12.6. The Bertz CT molecular complexity index is 573. The zero-order valence-electron chi connectivity index (χ0n) is 25.8. The monoisotopic (exact) mass is 532 g/mol. The first-order chi connectivity index (χ1) is 15.9. The minimum absolute atomic E-state index is 0.0642. The number of esters is 1. The third-order valence-corrected chi connectivity index (χ3v) is 20.3. The summed E-state index contributed by atoms with van der Waals surface area (Å²) >= 11 is 0. The van der Waals surface area contributed by atoms with Gasteiger partial charge in [0.1, 0.15) is 0 Å². The number of aliphatic hydroxyl groups is 1. The van der Waals surface area contributed by atoms with Gasteiger partial charge in [0.05, 0.1) is 18.8 Å². The third kappa shape index (κ3) is 8.13. The van der Waals surface area contributed by atoms with Crippen LogP contribution in [0.3, 0.4) is 0 Å². The van der Waals surface area contributed by atoms with Crippen molar-refractivity contribution in [1.82, 2.24) is 0 Å². The van der Waals surface area contributed by atoms with Crippen molar-refractivity contribution in [3.63, 3.8) is 0 Å². The van der Waals surface area contributed by atoms with E-state index in [1.165, 1.54) is 0 Å². The van der Waals surface area contributed by atoms with Gasteiger partial charge in [0, 0.05) is 0 Å². The van der Waals surface area contributed by atoms with Crippen molar-refractivity contribution in [1.29, 1.82) is 0 Å². The average molecular weight is 533 g/mol. The molecular formula is C28H60O5Si2. The Balaban J connectivity index is 7.03. The fourth-order valence-electron chi connectivity index (χ4n) is 6.89. The van der Waals surface area contributed by atoms with Crippen molar-refractivity contribution in [3.05, 3.63) is 0 Å². The van der Waals surface area contributed by atoms with Gasteiger partial charge in [-0.3, -0.25) is 0 Å². The fraction of sp³-hybridized carbons (Fsp3) is 0.964. The standard InChI is InChI=1S/C28H60O5Si2/c1-16-31-28(30)27(33-35(21(8)9,22(10)11)23(12)13)26(24(14)17-25(15)29)32-34(18(2)3,19(4)5)20(6)7/h18-27,29H,16-17H2,1-15H3/t24-,25+,26+,27-/m1/s1. The molecule has 5 nitrogen and oxygen atoms in total. The van der Waals surface area contributed by atoms with Gasteiger partial charge in [0.15, 0.2) is 6.10 Å². The van der Waals surface area contributed by atoms with Gasteiger partial charge in [0.2, 0.25) is 16.6 Å². The molecule has 0 radical (unpaired) electrons. The summed E-state index contributed by atoms with van der Waals surface area (Å²) in [5.74, 6) is -0.390. The van der Waals surface area contributed by atoms with E-state index in [-0.39, 0.29) is 11.9 Å². The Hall–Kier alpha value is -0.216. The molecule has 0 aliphatic carbocycles. The van der Waals surface area contributed by atoms with Gasteiger partial charge >= 0.3 is 5.97 Å². The maximum absolute atomic E-state index is 13.7. The molecule has 0 heterocycles. The lowest BCUT2D eigenvalue weighted by atomic mass is 9.94. The predicted molar refractivity (Wildman–Crippen MR) is 154 cm³/mol. The Labute approximate surface area is 220 Å². The molecule has 4 atom stereocenters. The molecule has 7 heteroatoms. The van der Waals surface area contributed by atoms with Gasteiger partial charge in [-0.2, -0.15) is 0 Å². The lowest BCUT2D eigenvalue weighted by Crippen LogP contribution is -2.60. The molecule has 0 aromatic carbocycles. The van der Waals surface area contributed by atoms with Crippen LogP contribution in [0, 0.1) is 5.92 Å². The highest BCUT2D eigenvalue weighted by Crippen LogP contribution is 2.47. The van der Waals surface area contributed by atoms with E-state index in [2.05, 4.69) is 90.0 Å². The summed E-state index contributed by atoms with van der Waals surface area (Å²) in [6, 6.07) is 0. The van der Waals surface area contributed by atoms with Gasteiger partial charge in [-0.05, 0) is 59.4 Å². The smallest absolute Gasteiger partial charge is 0.336 e. The zero-order valence-corrected chi connectivity index (χ0v) is 27.8. The summed E-state index contributed by atoms with van der Waals surface area (Å²) in [5, 5.41) is 10.3. The molecule has 0 unspecified atom stereocenters. The molecule has 0 spiro atoms. The van der Waals surface area contributed by atoms with Gasteiger partial charge in [-0.15, -0.1) is 0 Å². The van der Waals surface area contributed by atoms with E-state index in [0.717, 1.165) is 0 Å². The molecule has 0 aliphatic rings. The number of rotatable bonds is 16. The largest absolute Gasteiger partial charge is 0.464 e. The quantitative estimate of drug-likeness (QED) is 0.161. The maximum Gasteiger partial charge on any atom is 0.336 e. The fourth-order valence-corrected chi connectivity index (χ4v) is 18.0. The maximum atomic E-state index is 13.7. The van der Waals surface area contributed by atoms with Crippen LogP contribution in [0.1, 0.15) is 110 Å². The minimum atomic E-state index is -2.42. The summed E-state index contributed by atoms with van der Waals surface area (Å²) in [7, 11) is -4.76. The lowest BCUT2D eigenvalue weighted by molar-refractivity contribution is -0.159. The van der Waals surface area contributed by atoms with Gasteiger partial charge in [0.25, 0.3) is 0 Å². The van der Waals surface area contributed by atoms with Crippen LogP contribution in [-0.2, 0) is 18.4 Å². The Morgan fingerprint density at radius 3 is 1.29 bits per heavy atom. The van der Waals surface area contributed by atoms with Crippen molar-refractivity contribution in [2.75, 3.05) is 6.61 Å². The van der Waals surface area contributed by atoms with E-state index in [1.54, 1.807) is 6.92 Å². The molecule has 0 aromatic heterocycles. The summed E-state index contributed by atoms with van der Waals surface area (Å²) < 4.78 is 20.1. The second kappa shape index (κ2) is 14.7. The number of hydrogen-bond acceptors (Lipinski definition) is 5. The van der Waals surface area contributed by atoms with Crippen molar-refractivity contribution in [3.8, 4) is 0 Å². The van der Waals surface area contributed by atoms with Gasteiger partial charge in [-0.1, -0.05) is 90.0 Å². The molecule has 0 bridgehead atoms. The van der Waals surface area contributed by atoms with Crippen LogP contribution in [0.4, 0.5) is 0 Å². The molecule has 0 amide bonds. The van der Waals surface area contributed by atoms with E-state index in [1.807, 2.05) is 6.92 Å². The highest BCUT2D eigenvalue weighted by atomic mass is 28.4. The summed E-state index contributed by atoms with van der Waals surface area (Å²) in [5.41, 5.74) is 2.09. The van der Waals surface area contributed by atoms with Gasteiger partial charge < -0.3 is 18.7 Å². The van der Waals surface area contributed by atoms with Crippen molar-refractivity contribution >= 4 is 22.6 Å². The highest BCUT2D eigenvalue weighted by molar-refractivity contribution is 6.78. The molecule has 0 rings (SSSR count). The highest BCUT2D eigenvalue weighted by Gasteiger charge is 2.54. The number of carbonyl (C=O) groups excluding carboxylic acids is 1. The Morgan fingerprint density at radius 1 is 0.657 bits per heavy atom. The van der Waals surface area contributed by atoms with Crippen LogP contribution in [0.25, 0.3) is 0 Å². The van der Waals surface area contributed by atoms with Crippen LogP contribution in [-0.4, -0.2) is 52.6 Å². The lowest BCUT2D eigenvalue weighted by Gasteiger charge is -2.50. The van der Waals surface area contributed by atoms with Crippen molar-refractivity contribution in [2.24, 2.45) is 5.92 Å². The van der Waals surface area contributed by atoms with E-state index in [0.29, 0.717) is 46.3 Å². The zero-order chi connectivity index (χ0) is 27.9. The molecule has 210 valence electrons. The van der Waals surface area contributed by atoms with E-state index in [9.17, 15) is 9.90 Å². The normalized spacial score (nSPS) is 17.1. The van der Waals surface area contributed by atoms with Gasteiger partial charge in [-0.25, -0.2) is 4.79 Å². The van der Waals surface area contributed by atoms with E-state index < -0.39 is 34.9 Å². The SMILES string of the molecule is CCOC(=O)[C@H](O[Si](C(C)C)(C(C)C)C(C)C)[C@@H](O[Si](C(C)C)(C(C)C)C(C)C)[C@H](C)C[C@H](C)O. The number of aliphatic hydroxyl groups excluding tert-OH is 1. The number of carbonyl (C=O) groups is 1. The molecule has 0 fully saturated rings. The van der Waals surface area contributed by atoms with Crippen LogP contribution in [0.15, 0.2) is 0 Å². The molecule has 35 heavy (non-hydrogen) atoms. The topological polar surface area (TPSA) is 65.0 Å².